The lowest BCUT2D eigenvalue weighted by molar-refractivity contribution is 0.0490. The maximum Gasteiger partial charge on any atom is 0.338 e. The van der Waals surface area contributed by atoms with Gasteiger partial charge in [-0.2, -0.15) is 0 Å². The average Bonchev–Trinajstić information content (AvgIpc) is 2.48. The summed E-state index contributed by atoms with van der Waals surface area (Å²) in [5.41, 5.74) is 4.06. The first-order valence-electron chi connectivity index (χ1n) is 6.18. The van der Waals surface area contributed by atoms with E-state index in [9.17, 15) is 9.18 Å². The number of hydrogen-bond donors (Lipinski definition) is 2. The van der Waals surface area contributed by atoms with Crippen molar-refractivity contribution in [1.82, 2.24) is 10.8 Å². The molecule has 0 aliphatic heterocycles. The van der Waals surface area contributed by atoms with Gasteiger partial charge in [0.25, 0.3) is 0 Å². The molecule has 0 saturated heterocycles. The van der Waals surface area contributed by atoms with Crippen molar-refractivity contribution >= 4 is 6.03 Å². The first kappa shape index (κ1) is 14.0. The van der Waals surface area contributed by atoms with Crippen molar-refractivity contribution in [3.05, 3.63) is 71.5 Å². The molecule has 0 radical (unpaired) electrons. The molecule has 0 spiro atoms. The molecule has 5 heteroatoms. The number of halogens is 1. The van der Waals surface area contributed by atoms with Crippen LogP contribution in [-0.4, -0.2) is 6.03 Å². The molecule has 0 unspecified atom stereocenters. The summed E-state index contributed by atoms with van der Waals surface area (Å²) in [6.07, 6.45) is 0. The third kappa shape index (κ3) is 4.70. The van der Waals surface area contributed by atoms with Gasteiger partial charge < -0.3 is 5.32 Å². The normalized spacial score (nSPS) is 10.1. The minimum absolute atomic E-state index is 0.296. The van der Waals surface area contributed by atoms with Crippen LogP contribution >= 0.6 is 0 Å². The van der Waals surface area contributed by atoms with Crippen LogP contribution in [0.25, 0.3) is 0 Å². The van der Waals surface area contributed by atoms with Crippen LogP contribution in [0.1, 0.15) is 11.1 Å². The number of hydroxylamine groups is 1. The number of nitrogens with one attached hydrogen (secondary N) is 2. The van der Waals surface area contributed by atoms with Gasteiger partial charge in [0.2, 0.25) is 0 Å². The Bertz CT molecular complexity index is 544. The maximum atomic E-state index is 12.7. The van der Waals surface area contributed by atoms with Crippen LogP contribution in [0.4, 0.5) is 9.18 Å². The molecule has 0 bridgehead atoms. The van der Waals surface area contributed by atoms with Crippen LogP contribution in [0.3, 0.4) is 0 Å². The third-order valence-corrected chi connectivity index (χ3v) is 2.61. The van der Waals surface area contributed by atoms with Gasteiger partial charge in [0, 0.05) is 6.54 Å². The highest BCUT2D eigenvalue weighted by Gasteiger charge is 2.01. The quantitative estimate of drug-likeness (QED) is 0.824. The molecule has 0 heterocycles. The van der Waals surface area contributed by atoms with E-state index in [-0.39, 0.29) is 5.82 Å². The molecule has 2 aromatic carbocycles. The molecule has 0 aliphatic carbocycles. The zero-order valence-corrected chi connectivity index (χ0v) is 10.8. The highest BCUT2D eigenvalue weighted by molar-refractivity contribution is 5.72. The highest BCUT2D eigenvalue weighted by Crippen LogP contribution is 2.02. The Balaban J connectivity index is 1.67. The molecule has 0 atom stereocenters. The van der Waals surface area contributed by atoms with Crippen molar-refractivity contribution in [2.75, 3.05) is 0 Å². The molecule has 4 nitrogen and oxygen atoms in total. The van der Waals surface area contributed by atoms with E-state index in [1.165, 1.54) is 12.1 Å². The smallest absolute Gasteiger partial charge is 0.332 e. The summed E-state index contributed by atoms with van der Waals surface area (Å²) in [4.78, 5) is 16.5. The maximum absolute atomic E-state index is 12.7. The number of urea groups is 1. The van der Waals surface area contributed by atoms with E-state index in [2.05, 4.69) is 10.8 Å². The van der Waals surface area contributed by atoms with Gasteiger partial charge in [-0.15, -0.1) is 0 Å². The Morgan fingerprint density at radius 2 is 1.70 bits per heavy atom. The Hall–Kier alpha value is -2.40. The summed E-state index contributed by atoms with van der Waals surface area (Å²) in [7, 11) is 0. The van der Waals surface area contributed by atoms with Gasteiger partial charge in [-0.05, 0) is 23.3 Å². The SMILES string of the molecule is O=C(NCc1ccc(F)cc1)NOCc1ccccc1. The number of rotatable bonds is 5. The fraction of sp³-hybridized carbons (Fsp3) is 0.133. The van der Waals surface area contributed by atoms with Gasteiger partial charge in [0.1, 0.15) is 5.82 Å². The second-order valence-corrected chi connectivity index (χ2v) is 4.19. The molecule has 104 valence electrons. The Morgan fingerprint density at radius 3 is 2.40 bits per heavy atom. The van der Waals surface area contributed by atoms with Crippen LogP contribution in [0, 0.1) is 5.82 Å². The van der Waals surface area contributed by atoms with Gasteiger partial charge in [-0.1, -0.05) is 42.5 Å². The van der Waals surface area contributed by atoms with Gasteiger partial charge >= 0.3 is 6.03 Å². The summed E-state index contributed by atoms with van der Waals surface area (Å²) in [5.74, 6) is -0.301. The molecule has 20 heavy (non-hydrogen) atoms. The molecular weight excluding hydrogens is 259 g/mol. The Labute approximate surface area is 116 Å². The standard InChI is InChI=1S/C15H15FN2O2/c16-14-8-6-12(7-9-14)10-17-15(19)18-20-11-13-4-2-1-3-5-13/h1-9H,10-11H2,(H2,17,18,19). The first-order valence-corrected chi connectivity index (χ1v) is 6.18. The minimum Gasteiger partial charge on any atom is -0.332 e. The lowest BCUT2D eigenvalue weighted by atomic mass is 10.2. The van der Waals surface area contributed by atoms with Gasteiger partial charge in [0.15, 0.2) is 0 Å². The third-order valence-electron chi connectivity index (χ3n) is 2.61. The molecule has 2 N–H and O–H groups in total. The van der Waals surface area contributed by atoms with Crippen LogP contribution in [0.2, 0.25) is 0 Å². The second kappa shape index (κ2) is 7.25. The largest absolute Gasteiger partial charge is 0.338 e. The molecular formula is C15H15FN2O2. The van der Waals surface area contributed by atoms with Crippen molar-refractivity contribution < 1.29 is 14.0 Å². The average molecular weight is 274 g/mol. The van der Waals surface area contributed by atoms with E-state index in [0.29, 0.717) is 13.2 Å². The van der Waals surface area contributed by atoms with Crippen LogP contribution in [-0.2, 0) is 18.0 Å². The van der Waals surface area contributed by atoms with Crippen molar-refractivity contribution in [3.8, 4) is 0 Å². The molecule has 2 aromatic rings. The summed E-state index contributed by atoms with van der Waals surface area (Å²) >= 11 is 0. The fourth-order valence-corrected chi connectivity index (χ4v) is 1.58. The number of amides is 2. The predicted molar refractivity (Wildman–Crippen MR) is 73.0 cm³/mol. The summed E-state index contributed by atoms with van der Waals surface area (Å²) in [5, 5.41) is 2.61. The Kier molecular flexibility index (Phi) is 5.08. The first-order chi connectivity index (χ1) is 9.74. The van der Waals surface area contributed by atoms with Gasteiger partial charge in [0.05, 0.1) is 6.61 Å². The molecule has 0 aromatic heterocycles. The lowest BCUT2D eigenvalue weighted by Crippen LogP contribution is -2.34. The summed E-state index contributed by atoms with van der Waals surface area (Å²) in [6, 6.07) is 15.0. The highest BCUT2D eigenvalue weighted by atomic mass is 19.1. The van der Waals surface area contributed by atoms with Crippen LogP contribution in [0.5, 0.6) is 0 Å². The van der Waals surface area contributed by atoms with E-state index in [1.54, 1.807) is 12.1 Å². The second-order valence-electron chi connectivity index (χ2n) is 4.19. The van der Waals surface area contributed by atoms with E-state index in [1.807, 2.05) is 30.3 Å². The molecule has 2 amide bonds. The van der Waals surface area contributed by atoms with Gasteiger partial charge in [-0.25, -0.2) is 14.7 Å². The van der Waals surface area contributed by atoms with Crippen molar-refractivity contribution in [2.45, 2.75) is 13.2 Å². The number of carbonyl (C=O) groups excluding carboxylic acids is 1. The topological polar surface area (TPSA) is 50.4 Å². The molecule has 0 aliphatic rings. The lowest BCUT2D eigenvalue weighted by Gasteiger charge is -2.08. The van der Waals surface area contributed by atoms with Crippen molar-refractivity contribution in [1.29, 1.82) is 0 Å². The fourth-order valence-electron chi connectivity index (χ4n) is 1.58. The summed E-state index contributed by atoms with van der Waals surface area (Å²) < 4.78 is 12.7. The van der Waals surface area contributed by atoms with E-state index in [4.69, 9.17) is 4.84 Å². The van der Waals surface area contributed by atoms with E-state index >= 15 is 0 Å². The summed E-state index contributed by atoms with van der Waals surface area (Å²) in [6.45, 7) is 0.603. The minimum atomic E-state index is -0.440. The van der Waals surface area contributed by atoms with E-state index < -0.39 is 6.03 Å². The van der Waals surface area contributed by atoms with Crippen LogP contribution < -0.4 is 10.8 Å². The number of hydrogen-bond acceptors (Lipinski definition) is 2. The monoisotopic (exact) mass is 274 g/mol. The van der Waals surface area contributed by atoms with Gasteiger partial charge in [-0.3, -0.25) is 4.84 Å². The molecule has 0 fully saturated rings. The van der Waals surface area contributed by atoms with E-state index in [0.717, 1.165) is 11.1 Å². The van der Waals surface area contributed by atoms with Crippen LogP contribution in [0.15, 0.2) is 54.6 Å². The van der Waals surface area contributed by atoms with Crippen molar-refractivity contribution in [2.24, 2.45) is 0 Å². The van der Waals surface area contributed by atoms with Crippen molar-refractivity contribution in [3.63, 3.8) is 0 Å². The predicted octanol–water partition coefficient (Wildman–Crippen LogP) is 2.76. The number of benzene rings is 2. The number of carbonyl (C=O) groups is 1. The zero-order chi connectivity index (χ0) is 14.2. The Morgan fingerprint density at radius 1 is 1.00 bits per heavy atom. The molecule has 2 rings (SSSR count). The molecule has 0 saturated carbocycles. The zero-order valence-electron chi connectivity index (χ0n) is 10.8.